The highest BCUT2D eigenvalue weighted by molar-refractivity contribution is 7.98. The fourth-order valence-electron chi connectivity index (χ4n) is 2.78. The van der Waals surface area contributed by atoms with Crippen LogP contribution in [0.15, 0.2) is 4.52 Å². The Labute approximate surface area is 120 Å². The summed E-state index contributed by atoms with van der Waals surface area (Å²) in [6.07, 6.45) is 6.29. The highest BCUT2D eigenvalue weighted by Crippen LogP contribution is 2.31. The van der Waals surface area contributed by atoms with Crippen LogP contribution in [0.5, 0.6) is 0 Å². The van der Waals surface area contributed by atoms with E-state index < -0.39 is 0 Å². The molecule has 1 aromatic heterocycles. The quantitative estimate of drug-likeness (QED) is 0.811. The van der Waals surface area contributed by atoms with Gasteiger partial charge in [-0.1, -0.05) is 38.3 Å². The molecule has 0 bridgehead atoms. The summed E-state index contributed by atoms with van der Waals surface area (Å²) < 4.78 is 5.52. The van der Waals surface area contributed by atoms with Crippen LogP contribution in [0.2, 0.25) is 0 Å². The van der Waals surface area contributed by atoms with Crippen molar-refractivity contribution in [3.8, 4) is 0 Å². The standard InChI is InChI=1S/C14H25N3OS/c1-3-15-12-9-7-5-6-8-11(12)14-16-13(17-18-14)10-19-4-2/h11-12,15H,3-10H2,1-2H3. The Kier molecular flexibility index (Phi) is 6.17. The van der Waals surface area contributed by atoms with Gasteiger partial charge in [-0.15, -0.1) is 0 Å². The molecular weight excluding hydrogens is 258 g/mol. The predicted molar refractivity (Wildman–Crippen MR) is 79.4 cm³/mol. The molecule has 0 radical (unpaired) electrons. The summed E-state index contributed by atoms with van der Waals surface area (Å²) in [6.45, 7) is 5.32. The fourth-order valence-corrected chi connectivity index (χ4v) is 3.28. The molecule has 0 aromatic carbocycles. The first kappa shape index (κ1) is 14.9. The number of likely N-dealkylation sites (N-methyl/N-ethyl adjacent to an activating group) is 1. The number of hydrogen-bond acceptors (Lipinski definition) is 5. The van der Waals surface area contributed by atoms with E-state index in [9.17, 15) is 0 Å². The molecule has 1 aliphatic carbocycles. The summed E-state index contributed by atoms with van der Waals surface area (Å²) in [7, 11) is 0. The molecule has 4 nitrogen and oxygen atoms in total. The van der Waals surface area contributed by atoms with Crippen LogP contribution >= 0.6 is 11.8 Å². The number of rotatable bonds is 6. The van der Waals surface area contributed by atoms with Crippen LogP contribution < -0.4 is 5.32 Å². The Balaban J connectivity index is 2.05. The lowest BCUT2D eigenvalue weighted by Crippen LogP contribution is -2.34. The van der Waals surface area contributed by atoms with E-state index in [1.165, 1.54) is 32.1 Å². The summed E-state index contributed by atoms with van der Waals surface area (Å²) in [5, 5.41) is 7.71. The van der Waals surface area contributed by atoms with E-state index in [0.29, 0.717) is 12.0 Å². The van der Waals surface area contributed by atoms with E-state index in [2.05, 4.69) is 29.3 Å². The SMILES string of the molecule is CCNC1CCCCCC1c1nc(CSCC)no1. The van der Waals surface area contributed by atoms with E-state index in [-0.39, 0.29) is 0 Å². The lowest BCUT2D eigenvalue weighted by Gasteiger charge is -2.22. The van der Waals surface area contributed by atoms with Gasteiger partial charge in [0.2, 0.25) is 5.89 Å². The van der Waals surface area contributed by atoms with E-state index in [1.54, 1.807) is 0 Å². The average molecular weight is 283 g/mol. The third kappa shape index (κ3) is 4.21. The molecule has 108 valence electrons. The Morgan fingerprint density at radius 2 is 2.11 bits per heavy atom. The van der Waals surface area contributed by atoms with Gasteiger partial charge < -0.3 is 9.84 Å². The minimum Gasteiger partial charge on any atom is -0.339 e. The van der Waals surface area contributed by atoms with E-state index >= 15 is 0 Å². The highest BCUT2D eigenvalue weighted by atomic mass is 32.2. The van der Waals surface area contributed by atoms with Crippen molar-refractivity contribution in [1.82, 2.24) is 15.5 Å². The number of hydrogen-bond donors (Lipinski definition) is 1. The number of aromatic nitrogens is 2. The minimum absolute atomic E-state index is 0.398. The van der Waals surface area contributed by atoms with E-state index in [1.807, 2.05) is 11.8 Å². The zero-order chi connectivity index (χ0) is 13.5. The molecule has 1 aromatic rings. The molecule has 1 N–H and O–H groups in total. The molecule has 1 heterocycles. The largest absolute Gasteiger partial charge is 0.339 e. The van der Waals surface area contributed by atoms with Crippen LogP contribution in [0.4, 0.5) is 0 Å². The van der Waals surface area contributed by atoms with Crippen molar-refractivity contribution >= 4 is 11.8 Å². The molecule has 0 saturated heterocycles. The summed E-state index contributed by atoms with van der Waals surface area (Å²) in [4.78, 5) is 4.61. The van der Waals surface area contributed by atoms with Gasteiger partial charge in [-0.05, 0) is 25.1 Å². The Morgan fingerprint density at radius 3 is 2.89 bits per heavy atom. The van der Waals surface area contributed by atoms with Crippen LogP contribution in [-0.4, -0.2) is 28.5 Å². The van der Waals surface area contributed by atoms with Gasteiger partial charge in [-0.2, -0.15) is 16.7 Å². The highest BCUT2D eigenvalue weighted by Gasteiger charge is 2.29. The summed E-state index contributed by atoms with van der Waals surface area (Å²) in [5.41, 5.74) is 0. The van der Waals surface area contributed by atoms with Gasteiger partial charge in [0.25, 0.3) is 0 Å². The maximum Gasteiger partial charge on any atom is 0.231 e. The second kappa shape index (κ2) is 7.90. The zero-order valence-electron chi connectivity index (χ0n) is 12.0. The van der Waals surface area contributed by atoms with Crippen LogP contribution in [-0.2, 0) is 5.75 Å². The van der Waals surface area contributed by atoms with Crippen LogP contribution in [0.1, 0.15) is 63.6 Å². The van der Waals surface area contributed by atoms with Crippen molar-refractivity contribution in [2.24, 2.45) is 0 Å². The van der Waals surface area contributed by atoms with Gasteiger partial charge in [0.05, 0.1) is 11.7 Å². The predicted octanol–water partition coefficient (Wildman–Crippen LogP) is 3.35. The van der Waals surface area contributed by atoms with Crippen molar-refractivity contribution in [3.05, 3.63) is 11.7 Å². The lowest BCUT2D eigenvalue weighted by atomic mass is 9.94. The van der Waals surface area contributed by atoms with E-state index in [4.69, 9.17) is 4.52 Å². The molecule has 2 rings (SSSR count). The van der Waals surface area contributed by atoms with Crippen LogP contribution in [0.25, 0.3) is 0 Å². The van der Waals surface area contributed by atoms with Gasteiger partial charge in [-0.25, -0.2) is 0 Å². The molecular formula is C14H25N3OS. The second-order valence-electron chi connectivity index (χ2n) is 5.09. The van der Waals surface area contributed by atoms with Crippen molar-refractivity contribution in [2.45, 2.75) is 63.7 Å². The first-order chi connectivity index (χ1) is 9.35. The fraction of sp³-hybridized carbons (Fsp3) is 0.857. The number of nitrogens with one attached hydrogen (secondary N) is 1. The van der Waals surface area contributed by atoms with E-state index in [0.717, 1.165) is 29.8 Å². The number of nitrogens with zero attached hydrogens (tertiary/aromatic N) is 2. The molecule has 0 aliphatic heterocycles. The van der Waals surface area contributed by atoms with Gasteiger partial charge in [0.15, 0.2) is 5.82 Å². The maximum absolute atomic E-state index is 5.52. The Bertz CT molecular complexity index is 369. The van der Waals surface area contributed by atoms with Crippen molar-refractivity contribution in [3.63, 3.8) is 0 Å². The third-order valence-corrected chi connectivity index (χ3v) is 4.59. The lowest BCUT2D eigenvalue weighted by molar-refractivity contribution is 0.304. The summed E-state index contributed by atoms with van der Waals surface area (Å²) >= 11 is 1.84. The molecule has 2 atom stereocenters. The smallest absolute Gasteiger partial charge is 0.231 e. The average Bonchev–Trinajstić information content (AvgIpc) is 2.76. The maximum atomic E-state index is 5.52. The second-order valence-corrected chi connectivity index (χ2v) is 6.37. The zero-order valence-corrected chi connectivity index (χ0v) is 12.8. The van der Waals surface area contributed by atoms with Crippen molar-refractivity contribution in [1.29, 1.82) is 0 Å². The molecule has 2 unspecified atom stereocenters. The van der Waals surface area contributed by atoms with Crippen molar-refractivity contribution < 1.29 is 4.52 Å². The molecule has 0 amide bonds. The molecule has 0 spiro atoms. The molecule has 5 heteroatoms. The van der Waals surface area contributed by atoms with Gasteiger partial charge in [0.1, 0.15) is 0 Å². The Hall–Kier alpha value is -0.550. The topological polar surface area (TPSA) is 51.0 Å². The monoisotopic (exact) mass is 283 g/mol. The van der Waals surface area contributed by atoms with Gasteiger partial charge in [0, 0.05) is 6.04 Å². The molecule has 1 saturated carbocycles. The van der Waals surface area contributed by atoms with Gasteiger partial charge >= 0.3 is 0 Å². The summed E-state index contributed by atoms with van der Waals surface area (Å²) in [5.74, 6) is 4.04. The summed E-state index contributed by atoms with van der Waals surface area (Å²) in [6, 6.07) is 0.500. The minimum atomic E-state index is 0.398. The number of thioether (sulfide) groups is 1. The van der Waals surface area contributed by atoms with Crippen LogP contribution in [0, 0.1) is 0 Å². The first-order valence-corrected chi connectivity index (χ1v) is 8.64. The Morgan fingerprint density at radius 1 is 1.26 bits per heavy atom. The van der Waals surface area contributed by atoms with Crippen molar-refractivity contribution in [2.75, 3.05) is 12.3 Å². The molecule has 1 aliphatic rings. The molecule has 19 heavy (non-hydrogen) atoms. The molecule has 1 fully saturated rings. The first-order valence-electron chi connectivity index (χ1n) is 7.48. The third-order valence-electron chi connectivity index (χ3n) is 3.72. The van der Waals surface area contributed by atoms with Gasteiger partial charge in [-0.3, -0.25) is 0 Å². The normalized spacial score (nSPS) is 24.3. The van der Waals surface area contributed by atoms with Crippen LogP contribution in [0.3, 0.4) is 0 Å².